The van der Waals surface area contributed by atoms with Gasteiger partial charge in [0.05, 0.1) is 16.7 Å². The van der Waals surface area contributed by atoms with Gasteiger partial charge in [-0.1, -0.05) is 11.6 Å². The first-order valence-electron chi connectivity index (χ1n) is 6.44. The average Bonchev–Trinajstić information content (AvgIpc) is 2.41. The van der Waals surface area contributed by atoms with Gasteiger partial charge in [0.15, 0.2) is 0 Å². The Morgan fingerprint density at radius 2 is 2.21 bits per heavy atom. The zero-order chi connectivity index (χ0) is 13.7. The molecule has 1 fully saturated rings. The van der Waals surface area contributed by atoms with E-state index in [0.717, 1.165) is 32.5 Å². The zero-order valence-electron chi connectivity index (χ0n) is 10.7. The molecule has 5 nitrogen and oxygen atoms in total. The number of hydrogen-bond donors (Lipinski definition) is 2. The number of piperidine rings is 1. The highest BCUT2D eigenvalue weighted by Gasteiger charge is 2.16. The van der Waals surface area contributed by atoms with Gasteiger partial charge in [-0.25, -0.2) is 0 Å². The Labute approximate surface area is 117 Å². The van der Waals surface area contributed by atoms with E-state index >= 15 is 0 Å². The van der Waals surface area contributed by atoms with Crippen LogP contribution in [0.4, 0.5) is 0 Å². The van der Waals surface area contributed by atoms with Gasteiger partial charge in [-0.15, -0.1) is 0 Å². The molecule has 6 heteroatoms. The highest BCUT2D eigenvalue weighted by Crippen LogP contribution is 2.09. The number of aliphatic hydroxyl groups is 1. The SMILES string of the molecule is O=C(NCCN1CCC(O)CC1)c1cncc(Cl)c1. The number of aliphatic hydroxyl groups excluding tert-OH is 1. The van der Waals surface area contributed by atoms with Gasteiger partial charge in [-0.2, -0.15) is 0 Å². The molecule has 1 aliphatic rings. The van der Waals surface area contributed by atoms with Crippen molar-refractivity contribution < 1.29 is 9.90 Å². The molecule has 19 heavy (non-hydrogen) atoms. The standard InChI is InChI=1S/C13H18ClN3O2/c14-11-7-10(8-15-9-11)13(19)16-3-6-17-4-1-12(18)2-5-17/h7-9,12,18H,1-6H2,(H,16,19). The van der Waals surface area contributed by atoms with Gasteiger partial charge in [-0.05, 0) is 18.9 Å². The highest BCUT2D eigenvalue weighted by atomic mass is 35.5. The topological polar surface area (TPSA) is 65.5 Å². The van der Waals surface area contributed by atoms with Crippen LogP contribution in [0.5, 0.6) is 0 Å². The Bertz CT molecular complexity index is 434. The third kappa shape index (κ3) is 4.45. The number of carbonyl (C=O) groups excluding carboxylic acids is 1. The van der Waals surface area contributed by atoms with Crippen molar-refractivity contribution in [2.75, 3.05) is 26.2 Å². The molecule has 0 spiro atoms. The van der Waals surface area contributed by atoms with Gasteiger partial charge in [0.2, 0.25) is 0 Å². The lowest BCUT2D eigenvalue weighted by Crippen LogP contribution is -2.40. The monoisotopic (exact) mass is 283 g/mol. The number of nitrogens with one attached hydrogen (secondary N) is 1. The Morgan fingerprint density at radius 3 is 2.89 bits per heavy atom. The summed E-state index contributed by atoms with van der Waals surface area (Å²) < 4.78 is 0. The van der Waals surface area contributed by atoms with Crippen molar-refractivity contribution >= 4 is 17.5 Å². The van der Waals surface area contributed by atoms with Crippen LogP contribution in [0, 0.1) is 0 Å². The number of aromatic nitrogens is 1. The van der Waals surface area contributed by atoms with E-state index in [4.69, 9.17) is 11.6 Å². The zero-order valence-corrected chi connectivity index (χ0v) is 11.4. The van der Waals surface area contributed by atoms with E-state index in [9.17, 15) is 9.90 Å². The molecule has 1 amide bonds. The molecule has 2 heterocycles. The maximum Gasteiger partial charge on any atom is 0.252 e. The van der Waals surface area contributed by atoms with Crippen LogP contribution < -0.4 is 5.32 Å². The maximum absolute atomic E-state index is 11.8. The van der Waals surface area contributed by atoms with Crippen LogP contribution in [0.15, 0.2) is 18.5 Å². The molecule has 2 N–H and O–H groups in total. The first-order valence-corrected chi connectivity index (χ1v) is 6.82. The molecule has 0 unspecified atom stereocenters. The minimum absolute atomic E-state index is 0.160. The van der Waals surface area contributed by atoms with Crippen molar-refractivity contribution in [3.8, 4) is 0 Å². The van der Waals surface area contributed by atoms with Crippen molar-refractivity contribution in [2.45, 2.75) is 18.9 Å². The number of pyridine rings is 1. The summed E-state index contributed by atoms with van der Waals surface area (Å²) in [5.74, 6) is -0.160. The molecular weight excluding hydrogens is 266 g/mol. The number of hydrogen-bond acceptors (Lipinski definition) is 4. The number of halogens is 1. The van der Waals surface area contributed by atoms with E-state index in [-0.39, 0.29) is 12.0 Å². The van der Waals surface area contributed by atoms with Crippen LogP contribution in [0.3, 0.4) is 0 Å². The normalized spacial score (nSPS) is 17.4. The van der Waals surface area contributed by atoms with Gasteiger partial charge < -0.3 is 15.3 Å². The van der Waals surface area contributed by atoms with Crippen LogP contribution >= 0.6 is 11.6 Å². The van der Waals surface area contributed by atoms with Gasteiger partial charge in [0, 0.05) is 38.6 Å². The molecular formula is C13H18ClN3O2. The van der Waals surface area contributed by atoms with Gasteiger partial charge >= 0.3 is 0 Å². The molecule has 0 aromatic carbocycles. The summed E-state index contributed by atoms with van der Waals surface area (Å²) in [4.78, 5) is 17.9. The summed E-state index contributed by atoms with van der Waals surface area (Å²) in [7, 11) is 0. The number of amides is 1. The van der Waals surface area contributed by atoms with E-state index in [2.05, 4.69) is 15.2 Å². The van der Waals surface area contributed by atoms with E-state index in [1.54, 1.807) is 6.07 Å². The predicted molar refractivity (Wildman–Crippen MR) is 73.3 cm³/mol. The van der Waals surface area contributed by atoms with Crippen molar-refractivity contribution in [3.63, 3.8) is 0 Å². The minimum Gasteiger partial charge on any atom is -0.393 e. The molecule has 1 aromatic rings. The second kappa shape index (κ2) is 6.84. The molecule has 2 rings (SSSR count). The number of rotatable bonds is 4. The lowest BCUT2D eigenvalue weighted by atomic mass is 10.1. The van der Waals surface area contributed by atoms with E-state index in [0.29, 0.717) is 17.1 Å². The molecule has 0 atom stereocenters. The second-order valence-electron chi connectivity index (χ2n) is 4.72. The number of nitrogens with zero attached hydrogens (tertiary/aromatic N) is 2. The summed E-state index contributed by atoms with van der Waals surface area (Å²) in [6.45, 7) is 3.15. The summed E-state index contributed by atoms with van der Waals surface area (Å²) in [6.07, 6.45) is 4.46. The fourth-order valence-corrected chi connectivity index (χ4v) is 2.28. The fourth-order valence-electron chi connectivity index (χ4n) is 2.11. The molecule has 104 valence electrons. The molecule has 1 saturated heterocycles. The lowest BCUT2D eigenvalue weighted by molar-refractivity contribution is 0.0804. The van der Waals surface area contributed by atoms with Crippen LogP contribution in [0.2, 0.25) is 5.02 Å². The Balaban J connectivity index is 1.72. The second-order valence-corrected chi connectivity index (χ2v) is 5.16. The van der Waals surface area contributed by atoms with Gasteiger partial charge in [0.1, 0.15) is 0 Å². The van der Waals surface area contributed by atoms with Crippen LogP contribution in [0.1, 0.15) is 23.2 Å². The molecule has 0 saturated carbocycles. The molecule has 1 aliphatic heterocycles. The molecule has 1 aromatic heterocycles. The number of likely N-dealkylation sites (tertiary alicyclic amines) is 1. The average molecular weight is 284 g/mol. The summed E-state index contributed by atoms with van der Waals surface area (Å²) in [5.41, 5.74) is 0.474. The lowest BCUT2D eigenvalue weighted by Gasteiger charge is -2.29. The van der Waals surface area contributed by atoms with Crippen molar-refractivity contribution in [1.82, 2.24) is 15.2 Å². The number of carbonyl (C=O) groups is 1. The summed E-state index contributed by atoms with van der Waals surface area (Å²) >= 11 is 5.78. The van der Waals surface area contributed by atoms with Gasteiger partial charge in [0.25, 0.3) is 5.91 Å². The fraction of sp³-hybridized carbons (Fsp3) is 0.538. The summed E-state index contributed by atoms with van der Waals surface area (Å²) in [5, 5.41) is 12.7. The Kier molecular flexibility index (Phi) is 5.13. The minimum atomic E-state index is -0.164. The highest BCUT2D eigenvalue weighted by molar-refractivity contribution is 6.30. The van der Waals surface area contributed by atoms with Crippen LogP contribution in [-0.4, -0.2) is 53.2 Å². The molecule has 0 bridgehead atoms. The van der Waals surface area contributed by atoms with E-state index < -0.39 is 0 Å². The van der Waals surface area contributed by atoms with Crippen molar-refractivity contribution in [2.24, 2.45) is 0 Å². The maximum atomic E-state index is 11.8. The van der Waals surface area contributed by atoms with Crippen molar-refractivity contribution in [3.05, 3.63) is 29.0 Å². The molecule has 0 aliphatic carbocycles. The van der Waals surface area contributed by atoms with Crippen LogP contribution in [0.25, 0.3) is 0 Å². The quantitative estimate of drug-likeness (QED) is 0.862. The smallest absolute Gasteiger partial charge is 0.252 e. The Hall–Kier alpha value is -1.17. The predicted octanol–water partition coefficient (Wildman–Crippen LogP) is 0.922. The van der Waals surface area contributed by atoms with Crippen molar-refractivity contribution in [1.29, 1.82) is 0 Å². The van der Waals surface area contributed by atoms with Gasteiger partial charge in [-0.3, -0.25) is 9.78 Å². The first-order chi connectivity index (χ1) is 9.15. The third-order valence-corrected chi connectivity index (χ3v) is 3.44. The Morgan fingerprint density at radius 1 is 1.47 bits per heavy atom. The first kappa shape index (κ1) is 14.2. The van der Waals surface area contributed by atoms with E-state index in [1.807, 2.05) is 0 Å². The third-order valence-electron chi connectivity index (χ3n) is 3.24. The van der Waals surface area contributed by atoms with E-state index in [1.165, 1.54) is 12.4 Å². The van der Waals surface area contributed by atoms with Crippen LogP contribution in [-0.2, 0) is 0 Å². The molecule has 0 radical (unpaired) electrons. The largest absolute Gasteiger partial charge is 0.393 e. The summed E-state index contributed by atoms with van der Waals surface area (Å²) in [6, 6.07) is 1.60.